The van der Waals surface area contributed by atoms with Crippen molar-refractivity contribution in [2.75, 3.05) is 49.7 Å². The minimum Gasteiger partial charge on any atom is -0.454 e. The van der Waals surface area contributed by atoms with E-state index in [0.29, 0.717) is 44.8 Å². The molecule has 35 heavy (non-hydrogen) atoms. The van der Waals surface area contributed by atoms with Crippen molar-refractivity contribution in [1.29, 1.82) is 0 Å². The number of halogens is 3. The predicted molar refractivity (Wildman–Crippen MR) is 116 cm³/mol. The Hall–Kier alpha value is -3.15. The molecule has 0 radical (unpaired) electrons. The van der Waals surface area contributed by atoms with Crippen molar-refractivity contribution in [1.82, 2.24) is 4.90 Å². The molecule has 2 heterocycles. The van der Waals surface area contributed by atoms with Crippen LogP contribution in [-0.4, -0.2) is 68.0 Å². The summed E-state index contributed by atoms with van der Waals surface area (Å²) >= 11 is 0. The summed E-state index contributed by atoms with van der Waals surface area (Å²) in [6.45, 7) is 0.275. The average Bonchev–Trinajstić information content (AvgIpc) is 3.08. The lowest BCUT2D eigenvalue weighted by atomic mass is 9.81. The molecule has 1 N–H and O–H groups in total. The smallest absolute Gasteiger partial charge is 0.416 e. The standard InChI is InChI=1S/C23H26F3N3O6/c24-23(25,26)14-5-6-18(28-7-9-34-10-8-28)17(11-14)27-19(30)13-35-20(31)12-29-21(32)15-3-1-2-4-16(15)22(29)33/h5-6,11,15-16H,1-4,7-10,12-13H2,(H,27,30)/t15-,16-/m0/s1. The summed E-state index contributed by atoms with van der Waals surface area (Å²) in [5.41, 5.74) is -0.622. The van der Waals surface area contributed by atoms with Crippen molar-refractivity contribution < 1.29 is 41.8 Å². The molecule has 0 bridgehead atoms. The Kier molecular flexibility index (Phi) is 7.29. The number of amides is 3. The van der Waals surface area contributed by atoms with E-state index in [4.69, 9.17) is 9.47 Å². The van der Waals surface area contributed by atoms with E-state index in [2.05, 4.69) is 5.32 Å². The van der Waals surface area contributed by atoms with Crippen molar-refractivity contribution in [3.8, 4) is 0 Å². The van der Waals surface area contributed by atoms with Crippen LogP contribution in [0.3, 0.4) is 0 Å². The van der Waals surface area contributed by atoms with Crippen molar-refractivity contribution >= 4 is 35.1 Å². The van der Waals surface area contributed by atoms with E-state index in [1.165, 1.54) is 6.07 Å². The Bertz CT molecular complexity index is 985. The van der Waals surface area contributed by atoms with Gasteiger partial charge in [0.05, 0.1) is 42.0 Å². The van der Waals surface area contributed by atoms with Crippen LogP contribution in [0.5, 0.6) is 0 Å². The molecule has 12 heteroatoms. The first-order valence-corrected chi connectivity index (χ1v) is 11.5. The molecule has 190 valence electrons. The van der Waals surface area contributed by atoms with Crippen LogP contribution in [0, 0.1) is 11.8 Å². The fourth-order valence-electron chi connectivity index (χ4n) is 4.79. The second kappa shape index (κ2) is 10.2. The number of hydrogen-bond acceptors (Lipinski definition) is 7. The van der Waals surface area contributed by atoms with Crippen molar-refractivity contribution in [3.05, 3.63) is 23.8 Å². The number of rotatable bonds is 6. The summed E-state index contributed by atoms with van der Waals surface area (Å²) in [5.74, 6) is -3.42. The fraction of sp³-hybridized carbons (Fsp3) is 0.565. The zero-order valence-electron chi connectivity index (χ0n) is 18.9. The molecule has 3 aliphatic rings. The lowest BCUT2D eigenvalue weighted by Crippen LogP contribution is -2.38. The van der Waals surface area contributed by atoms with E-state index in [9.17, 15) is 32.3 Å². The van der Waals surface area contributed by atoms with Gasteiger partial charge >= 0.3 is 12.1 Å². The van der Waals surface area contributed by atoms with Crippen molar-refractivity contribution in [3.63, 3.8) is 0 Å². The van der Waals surface area contributed by atoms with Gasteiger partial charge in [-0.1, -0.05) is 12.8 Å². The molecule has 4 rings (SSSR count). The highest BCUT2D eigenvalue weighted by molar-refractivity contribution is 6.07. The second-order valence-electron chi connectivity index (χ2n) is 8.80. The molecule has 3 fully saturated rings. The lowest BCUT2D eigenvalue weighted by molar-refractivity contribution is -0.154. The number of nitrogens with zero attached hydrogens (tertiary/aromatic N) is 2. The second-order valence-corrected chi connectivity index (χ2v) is 8.80. The van der Waals surface area contributed by atoms with Gasteiger partial charge in [0.15, 0.2) is 6.61 Å². The molecule has 0 spiro atoms. The summed E-state index contributed by atoms with van der Waals surface area (Å²) in [6.07, 6.45) is -1.71. The number of carbonyl (C=O) groups is 4. The molecule has 9 nitrogen and oxygen atoms in total. The van der Waals surface area contributed by atoms with E-state index >= 15 is 0 Å². The summed E-state index contributed by atoms with van der Waals surface area (Å²) in [6, 6.07) is 3.04. The average molecular weight is 497 g/mol. The summed E-state index contributed by atoms with van der Waals surface area (Å²) < 4.78 is 49.9. The first-order chi connectivity index (χ1) is 16.6. The SMILES string of the molecule is O=C(COC(=O)CN1C(=O)[C@H]2CCCC[C@@H]2C1=O)Nc1cc(C(F)(F)F)ccc1N1CCOCC1. The maximum Gasteiger partial charge on any atom is 0.416 e. The van der Waals surface area contributed by atoms with E-state index < -0.39 is 60.4 Å². The van der Waals surface area contributed by atoms with Crippen molar-refractivity contribution in [2.24, 2.45) is 11.8 Å². The van der Waals surface area contributed by atoms with E-state index in [1.54, 1.807) is 4.90 Å². The predicted octanol–water partition coefficient (Wildman–Crippen LogP) is 2.20. The molecule has 2 saturated heterocycles. The maximum atomic E-state index is 13.2. The summed E-state index contributed by atoms with van der Waals surface area (Å²) in [7, 11) is 0. The Morgan fingerprint density at radius 1 is 1.06 bits per heavy atom. The molecule has 0 aromatic heterocycles. The first-order valence-electron chi connectivity index (χ1n) is 11.5. The third-order valence-electron chi connectivity index (χ3n) is 6.53. The van der Waals surface area contributed by atoms with Gasteiger partial charge in [0.25, 0.3) is 5.91 Å². The van der Waals surface area contributed by atoms with Crippen molar-refractivity contribution in [2.45, 2.75) is 31.9 Å². The quantitative estimate of drug-likeness (QED) is 0.475. The van der Waals surface area contributed by atoms with Crippen LogP contribution in [0.2, 0.25) is 0 Å². The van der Waals surface area contributed by atoms with E-state index in [0.717, 1.165) is 29.9 Å². The van der Waals surface area contributed by atoms with Gasteiger partial charge in [0.2, 0.25) is 11.8 Å². The minimum absolute atomic E-state index is 0.0725. The van der Waals surface area contributed by atoms with Gasteiger partial charge in [-0.05, 0) is 31.0 Å². The van der Waals surface area contributed by atoms with Crippen LogP contribution in [-0.2, 0) is 34.8 Å². The first kappa shape index (κ1) is 25.0. The molecular formula is C23H26F3N3O6. The van der Waals surface area contributed by atoms with Crippen LogP contribution >= 0.6 is 0 Å². The Morgan fingerprint density at radius 2 is 1.69 bits per heavy atom. The maximum absolute atomic E-state index is 13.2. The molecule has 3 amide bonds. The monoisotopic (exact) mass is 497 g/mol. The highest BCUT2D eigenvalue weighted by atomic mass is 19.4. The summed E-state index contributed by atoms with van der Waals surface area (Å²) in [4.78, 5) is 52.3. The molecule has 0 unspecified atom stereocenters. The number of benzene rings is 1. The molecule has 1 aromatic rings. The third kappa shape index (κ3) is 5.58. The Morgan fingerprint density at radius 3 is 2.29 bits per heavy atom. The number of imide groups is 1. The topological polar surface area (TPSA) is 105 Å². The highest BCUT2D eigenvalue weighted by Crippen LogP contribution is 2.38. The molecule has 1 aliphatic carbocycles. The van der Waals surface area contributed by atoms with Gasteiger partial charge in [0.1, 0.15) is 6.54 Å². The molecule has 1 aromatic carbocycles. The number of nitrogens with one attached hydrogen (secondary N) is 1. The number of esters is 1. The highest BCUT2D eigenvalue weighted by Gasteiger charge is 2.48. The third-order valence-corrected chi connectivity index (χ3v) is 6.53. The Balaban J connectivity index is 1.37. The molecule has 1 saturated carbocycles. The summed E-state index contributed by atoms with van der Waals surface area (Å²) in [5, 5.41) is 2.38. The van der Waals surface area contributed by atoms with Crippen LogP contribution in [0.15, 0.2) is 18.2 Å². The van der Waals surface area contributed by atoms with Crippen LogP contribution in [0.4, 0.5) is 24.5 Å². The van der Waals surface area contributed by atoms with Crippen LogP contribution in [0.1, 0.15) is 31.2 Å². The van der Waals surface area contributed by atoms with Gasteiger partial charge in [-0.2, -0.15) is 13.2 Å². The number of morpholine rings is 1. The fourth-order valence-corrected chi connectivity index (χ4v) is 4.79. The Labute approximate surface area is 199 Å². The zero-order chi connectivity index (χ0) is 25.2. The number of ether oxygens (including phenoxy) is 2. The van der Waals surface area contributed by atoms with Gasteiger partial charge in [-0.3, -0.25) is 24.1 Å². The van der Waals surface area contributed by atoms with E-state index in [1.807, 2.05) is 0 Å². The number of anilines is 2. The van der Waals surface area contributed by atoms with Gasteiger partial charge in [0, 0.05) is 13.1 Å². The number of carbonyl (C=O) groups excluding carboxylic acids is 4. The lowest BCUT2D eigenvalue weighted by Gasteiger charge is -2.31. The van der Waals surface area contributed by atoms with Gasteiger partial charge < -0.3 is 19.7 Å². The number of alkyl halides is 3. The number of hydrogen-bond donors (Lipinski definition) is 1. The molecule has 2 atom stereocenters. The molecule has 2 aliphatic heterocycles. The molecular weight excluding hydrogens is 471 g/mol. The zero-order valence-corrected chi connectivity index (χ0v) is 18.9. The largest absolute Gasteiger partial charge is 0.454 e. The van der Waals surface area contributed by atoms with Gasteiger partial charge in [-0.25, -0.2) is 0 Å². The number of likely N-dealkylation sites (tertiary alicyclic amines) is 1. The normalized spacial score (nSPS) is 22.7. The van der Waals surface area contributed by atoms with Gasteiger partial charge in [-0.15, -0.1) is 0 Å². The number of fused-ring (bicyclic) bond motifs is 1. The van der Waals surface area contributed by atoms with E-state index in [-0.39, 0.29) is 5.69 Å². The minimum atomic E-state index is -4.61. The van der Waals surface area contributed by atoms with Crippen LogP contribution < -0.4 is 10.2 Å². The van der Waals surface area contributed by atoms with Crippen LogP contribution in [0.25, 0.3) is 0 Å².